The molecule has 1 fully saturated rings. The molecule has 1 aromatic rings. The number of hydrogen-bond acceptors (Lipinski definition) is 5. The summed E-state index contributed by atoms with van der Waals surface area (Å²) in [4.78, 5) is 8.44. The lowest BCUT2D eigenvalue weighted by Gasteiger charge is -2.13. The fourth-order valence-electron chi connectivity index (χ4n) is 2.21. The van der Waals surface area contributed by atoms with Crippen molar-refractivity contribution in [3.05, 3.63) is 12.4 Å². The molecule has 0 amide bonds. The first-order chi connectivity index (χ1) is 8.31. The van der Waals surface area contributed by atoms with Gasteiger partial charge >= 0.3 is 0 Å². The van der Waals surface area contributed by atoms with E-state index in [2.05, 4.69) is 33.8 Å². The molecule has 0 spiro atoms. The highest BCUT2D eigenvalue weighted by molar-refractivity contribution is 7.99. The van der Waals surface area contributed by atoms with Gasteiger partial charge in [0, 0.05) is 23.9 Å². The van der Waals surface area contributed by atoms with Gasteiger partial charge in [-0.25, -0.2) is 9.97 Å². The average molecular weight is 252 g/mol. The molecule has 0 radical (unpaired) electrons. The maximum Gasteiger partial charge on any atom is 0.131 e. The van der Waals surface area contributed by atoms with Gasteiger partial charge in [-0.15, -0.1) is 0 Å². The van der Waals surface area contributed by atoms with Gasteiger partial charge in [-0.05, 0) is 32.4 Å². The first kappa shape index (κ1) is 12.5. The van der Waals surface area contributed by atoms with E-state index >= 15 is 0 Å². The van der Waals surface area contributed by atoms with E-state index in [1.165, 1.54) is 19.3 Å². The number of anilines is 2. The lowest BCUT2D eigenvalue weighted by atomic mass is 10.2. The molecule has 0 saturated heterocycles. The molecule has 94 valence electrons. The molecule has 1 heterocycles. The zero-order valence-electron chi connectivity index (χ0n) is 10.4. The number of thioether (sulfide) groups is 1. The van der Waals surface area contributed by atoms with Gasteiger partial charge in [0.05, 0.1) is 0 Å². The van der Waals surface area contributed by atoms with Crippen molar-refractivity contribution in [2.75, 3.05) is 23.4 Å². The van der Waals surface area contributed by atoms with E-state index in [0.29, 0.717) is 6.04 Å². The van der Waals surface area contributed by atoms with Crippen LogP contribution in [0.4, 0.5) is 11.6 Å². The maximum absolute atomic E-state index is 4.27. The normalized spacial score (nSPS) is 23.6. The highest BCUT2D eigenvalue weighted by atomic mass is 32.2. The van der Waals surface area contributed by atoms with Crippen molar-refractivity contribution in [3.8, 4) is 0 Å². The Morgan fingerprint density at radius 1 is 1.35 bits per heavy atom. The van der Waals surface area contributed by atoms with Gasteiger partial charge in [0.15, 0.2) is 0 Å². The summed E-state index contributed by atoms with van der Waals surface area (Å²) >= 11 is 1.97. The summed E-state index contributed by atoms with van der Waals surface area (Å²) in [5.74, 6) is 1.83. The van der Waals surface area contributed by atoms with Crippen molar-refractivity contribution in [2.24, 2.45) is 0 Å². The van der Waals surface area contributed by atoms with E-state index in [1.807, 2.05) is 17.8 Å². The summed E-state index contributed by atoms with van der Waals surface area (Å²) in [5.41, 5.74) is 0. The van der Waals surface area contributed by atoms with E-state index in [9.17, 15) is 0 Å². The number of aromatic nitrogens is 2. The second-order valence-corrected chi connectivity index (χ2v) is 5.47. The van der Waals surface area contributed by atoms with Crippen molar-refractivity contribution in [1.82, 2.24) is 9.97 Å². The van der Waals surface area contributed by atoms with Crippen LogP contribution in [0.5, 0.6) is 0 Å². The molecule has 4 nitrogen and oxygen atoms in total. The Balaban J connectivity index is 1.92. The lowest BCUT2D eigenvalue weighted by Crippen LogP contribution is -2.17. The van der Waals surface area contributed by atoms with Gasteiger partial charge in [-0.3, -0.25) is 0 Å². The second-order valence-electron chi connectivity index (χ2n) is 4.33. The summed E-state index contributed by atoms with van der Waals surface area (Å²) in [6, 6.07) is 2.55. The van der Waals surface area contributed by atoms with Gasteiger partial charge < -0.3 is 10.6 Å². The first-order valence-corrected chi connectivity index (χ1v) is 7.46. The fraction of sp³-hybridized carbons (Fsp3) is 0.667. The van der Waals surface area contributed by atoms with Crippen molar-refractivity contribution in [3.63, 3.8) is 0 Å². The fourth-order valence-corrected chi connectivity index (χ4v) is 3.01. The summed E-state index contributed by atoms with van der Waals surface area (Å²) in [6.07, 6.45) is 7.60. The summed E-state index contributed by atoms with van der Waals surface area (Å²) in [6.45, 7) is 2.95. The zero-order valence-corrected chi connectivity index (χ0v) is 11.3. The second kappa shape index (κ2) is 6.10. The Morgan fingerprint density at radius 2 is 2.18 bits per heavy atom. The van der Waals surface area contributed by atoms with Crippen LogP contribution in [0.15, 0.2) is 12.4 Å². The Bertz CT molecular complexity index is 358. The highest BCUT2D eigenvalue weighted by Gasteiger charge is 2.23. The van der Waals surface area contributed by atoms with Gasteiger partial charge in [-0.1, -0.05) is 0 Å². The van der Waals surface area contributed by atoms with Gasteiger partial charge in [-0.2, -0.15) is 11.8 Å². The molecule has 2 atom stereocenters. The molecule has 0 aliphatic heterocycles. The smallest absolute Gasteiger partial charge is 0.131 e. The number of hydrogen-bond donors (Lipinski definition) is 2. The maximum atomic E-state index is 4.27. The Kier molecular flexibility index (Phi) is 4.48. The van der Waals surface area contributed by atoms with Crippen LogP contribution in [0.2, 0.25) is 0 Å². The third kappa shape index (κ3) is 3.49. The van der Waals surface area contributed by atoms with Crippen LogP contribution in [-0.2, 0) is 0 Å². The Hall–Kier alpha value is -0.970. The monoisotopic (exact) mass is 252 g/mol. The SMILES string of the molecule is CCNc1cc(NC2CCC(SC)C2)ncn1. The predicted octanol–water partition coefficient (Wildman–Crippen LogP) is 2.60. The van der Waals surface area contributed by atoms with Crippen molar-refractivity contribution in [2.45, 2.75) is 37.5 Å². The van der Waals surface area contributed by atoms with E-state index < -0.39 is 0 Å². The quantitative estimate of drug-likeness (QED) is 0.843. The highest BCUT2D eigenvalue weighted by Crippen LogP contribution is 2.29. The molecule has 2 N–H and O–H groups in total. The average Bonchev–Trinajstić information content (AvgIpc) is 2.78. The standard InChI is InChI=1S/C12H20N4S/c1-3-13-11-7-12(15-8-14-11)16-9-4-5-10(6-9)17-2/h7-10H,3-6H2,1-2H3,(H2,13,14,15,16). The van der Waals surface area contributed by atoms with E-state index in [0.717, 1.165) is 23.4 Å². The third-order valence-corrected chi connectivity index (χ3v) is 4.19. The number of rotatable bonds is 5. The van der Waals surface area contributed by atoms with Crippen LogP contribution in [0.25, 0.3) is 0 Å². The largest absolute Gasteiger partial charge is 0.370 e. The van der Waals surface area contributed by atoms with E-state index in [-0.39, 0.29) is 0 Å². The summed E-state index contributed by atoms with van der Waals surface area (Å²) < 4.78 is 0. The minimum absolute atomic E-state index is 0.567. The summed E-state index contributed by atoms with van der Waals surface area (Å²) in [5, 5.41) is 7.50. The van der Waals surface area contributed by atoms with Crippen LogP contribution in [0, 0.1) is 0 Å². The number of nitrogens with one attached hydrogen (secondary N) is 2. The van der Waals surface area contributed by atoms with Gasteiger partial charge in [0.1, 0.15) is 18.0 Å². The molecule has 17 heavy (non-hydrogen) atoms. The van der Waals surface area contributed by atoms with Crippen molar-refractivity contribution >= 4 is 23.4 Å². The molecule has 5 heteroatoms. The minimum Gasteiger partial charge on any atom is -0.370 e. The third-order valence-electron chi connectivity index (χ3n) is 3.09. The minimum atomic E-state index is 0.567. The molecular formula is C12H20N4S. The zero-order chi connectivity index (χ0) is 12.1. The molecule has 1 saturated carbocycles. The van der Waals surface area contributed by atoms with Crippen molar-refractivity contribution < 1.29 is 0 Å². The van der Waals surface area contributed by atoms with Crippen LogP contribution in [0.3, 0.4) is 0 Å². The molecule has 1 aliphatic rings. The molecule has 0 bridgehead atoms. The molecule has 2 rings (SSSR count). The van der Waals surface area contributed by atoms with Crippen molar-refractivity contribution in [1.29, 1.82) is 0 Å². The van der Waals surface area contributed by atoms with Crippen LogP contribution >= 0.6 is 11.8 Å². The molecule has 2 unspecified atom stereocenters. The van der Waals surface area contributed by atoms with Crippen LogP contribution in [-0.4, -0.2) is 34.1 Å². The molecule has 1 aromatic heterocycles. The topological polar surface area (TPSA) is 49.8 Å². The lowest BCUT2D eigenvalue weighted by molar-refractivity contribution is 0.751. The van der Waals surface area contributed by atoms with Crippen LogP contribution in [0.1, 0.15) is 26.2 Å². The molecular weight excluding hydrogens is 232 g/mol. The van der Waals surface area contributed by atoms with Gasteiger partial charge in [0.25, 0.3) is 0 Å². The van der Waals surface area contributed by atoms with Crippen LogP contribution < -0.4 is 10.6 Å². The Labute approximate surface area is 107 Å². The first-order valence-electron chi connectivity index (χ1n) is 6.17. The van der Waals surface area contributed by atoms with E-state index in [1.54, 1.807) is 6.33 Å². The predicted molar refractivity (Wildman–Crippen MR) is 74.8 cm³/mol. The number of nitrogens with zero attached hydrogens (tertiary/aromatic N) is 2. The van der Waals surface area contributed by atoms with Gasteiger partial charge in [0.2, 0.25) is 0 Å². The Morgan fingerprint density at radius 3 is 2.88 bits per heavy atom. The van der Waals surface area contributed by atoms with E-state index in [4.69, 9.17) is 0 Å². The molecule has 0 aromatic carbocycles. The molecule has 1 aliphatic carbocycles. The summed E-state index contributed by atoms with van der Waals surface area (Å²) in [7, 11) is 0.